The number of benzene rings is 2. The van der Waals surface area contributed by atoms with Crippen molar-refractivity contribution in [3.63, 3.8) is 0 Å². The first kappa shape index (κ1) is 17.3. The van der Waals surface area contributed by atoms with Crippen molar-refractivity contribution in [2.75, 3.05) is 5.75 Å². The van der Waals surface area contributed by atoms with E-state index in [1.807, 2.05) is 30.3 Å². The average Bonchev–Trinajstić information content (AvgIpc) is 2.94. The van der Waals surface area contributed by atoms with Gasteiger partial charge in [-0.2, -0.15) is 10.5 Å². The van der Waals surface area contributed by atoms with Crippen LogP contribution >= 0.6 is 27.0 Å². The maximum Gasteiger partial charge on any atom is 0.200 e. The van der Waals surface area contributed by atoms with E-state index in [2.05, 4.69) is 0 Å². The SMILES string of the molecule is Fc1c(F)c(F)c([SH]2CC(c3ccccc3)S[PH]2=S)c(F)c1F. The van der Waals surface area contributed by atoms with Gasteiger partial charge in [0.2, 0.25) is 5.82 Å². The minimum absolute atomic E-state index is 0.0660. The smallest absolute Gasteiger partial charge is 0.200 e. The lowest BCUT2D eigenvalue weighted by atomic mass is 10.2. The Morgan fingerprint density at radius 1 is 0.913 bits per heavy atom. The highest BCUT2D eigenvalue weighted by molar-refractivity contribution is 9.00. The van der Waals surface area contributed by atoms with Crippen molar-refractivity contribution >= 4 is 38.8 Å². The first-order chi connectivity index (χ1) is 10.9. The molecule has 0 radical (unpaired) electrons. The predicted molar refractivity (Wildman–Crippen MR) is 90.8 cm³/mol. The molecule has 3 atom stereocenters. The van der Waals surface area contributed by atoms with E-state index in [0.29, 0.717) is 5.75 Å². The Morgan fingerprint density at radius 2 is 1.43 bits per heavy atom. The van der Waals surface area contributed by atoms with E-state index in [1.54, 1.807) is 0 Å². The zero-order chi connectivity index (χ0) is 16.7. The van der Waals surface area contributed by atoms with Gasteiger partial charge in [0.05, 0.1) is 4.90 Å². The molecule has 2 aromatic carbocycles. The molecule has 1 heterocycles. The Labute approximate surface area is 141 Å². The normalized spacial score (nSPS) is 25.7. The van der Waals surface area contributed by atoms with Crippen molar-refractivity contribution in [3.8, 4) is 0 Å². The topological polar surface area (TPSA) is 0 Å². The fraction of sp³-hybridized carbons (Fsp3) is 0.143. The first-order valence-electron chi connectivity index (χ1n) is 6.46. The minimum Gasteiger partial charge on any atom is -0.202 e. The molecule has 0 amide bonds. The van der Waals surface area contributed by atoms with Crippen LogP contribution < -0.4 is 0 Å². The van der Waals surface area contributed by atoms with Crippen LogP contribution in [0.25, 0.3) is 0 Å². The van der Waals surface area contributed by atoms with Gasteiger partial charge in [0, 0.05) is 10.4 Å². The summed E-state index contributed by atoms with van der Waals surface area (Å²) >= 11 is 6.77. The number of hydrogen-bond acceptors (Lipinski definition) is 2. The largest absolute Gasteiger partial charge is 0.202 e. The molecule has 2 aromatic rings. The Morgan fingerprint density at radius 3 is 2.00 bits per heavy atom. The van der Waals surface area contributed by atoms with Gasteiger partial charge in [0.15, 0.2) is 23.3 Å². The lowest BCUT2D eigenvalue weighted by molar-refractivity contribution is 0.360. The van der Waals surface area contributed by atoms with Gasteiger partial charge in [-0.1, -0.05) is 42.1 Å². The highest BCUT2D eigenvalue weighted by Crippen LogP contribution is 2.77. The molecule has 0 aromatic heterocycles. The summed E-state index contributed by atoms with van der Waals surface area (Å²) < 4.78 is 68.1. The first-order valence-corrected chi connectivity index (χ1v) is 13.1. The Bertz CT molecular complexity index is 755. The molecule has 0 nitrogen and oxygen atoms in total. The summed E-state index contributed by atoms with van der Waals surface area (Å²) in [7, 11) is -1.57. The molecule has 0 spiro atoms. The third-order valence-corrected chi connectivity index (χ3v) is 16.5. The van der Waals surface area contributed by atoms with Crippen molar-refractivity contribution in [2.45, 2.75) is 10.1 Å². The lowest BCUT2D eigenvalue weighted by Gasteiger charge is -2.18. The van der Waals surface area contributed by atoms with Gasteiger partial charge in [-0.15, -0.1) is 11.4 Å². The Balaban J connectivity index is 2.02. The molecule has 0 N–H and O–H groups in total. The molecule has 9 heteroatoms. The summed E-state index contributed by atoms with van der Waals surface area (Å²) in [6.45, 7) is 0. The summed E-state index contributed by atoms with van der Waals surface area (Å²) in [4.78, 5) is -0.689. The van der Waals surface area contributed by atoms with Crippen LogP contribution in [-0.2, 0) is 11.8 Å². The molecule has 1 aliphatic heterocycles. The molecular weight excluding hydrogens is 390 g/mol. The molecule has 0 bridgehead atoms. The maximum absolute atomic E-state index is 14.0. The second-order valence-electron chi connectivity index (χ2n) is 4.81. The van der Waals surface area contributed by atoms with Crippen LogP contribution in [0.3, 0.4) is 0 Å². The summed E-state index contributed by atoms with van der Waals surface area (Å²) in [6, 6.07) is 9.27. The lowest BCUT2D eigenvalue weighted by Crippen LogP contribution is -2.05. The van der Waals surface area contributed by atoms with Gasteiger partial charge in [0.25, 0.3) is 0 Å². The van der Waals surface area contributed by atoms with E-state index < -0.39 is 49.6 Å². The Hall–Kier alpha value is -0.560. The molecule has 1 aliphatic rings. The number of rotatable bonds is 2. The zero-order valence-corrected chi connectivity index (χ0v) is 14.9. The standard InChI is InChI=1S/C14H10F5PS3/c15-9-10(16)12(18)14(13(19)11(9)17)23-6-8(22-20(23)21)7-4-2-1-3-5-7/h1-5,8,20,23H,6H2. The molecule has 3 unspecified atom stereocenters. The molecular formula is C14H10F5PS3. The van der Waals surface area contributed by atoms with E-state index in [9.17, 15) is 22.0 Å². The van der Waals surface area contributed by atoms with Crippen molar-refractivity contribution in [1.29, 1.82) is 0 Å². The van der Waals surface area contributed by atoms with E-state index in [0.717, 1.165) is 5.56 Å². The molecule has 1 saturated heterocycles. The van der Waals surface area contributed by atoms with Crippen LogP contribution in [-0.4, -0.2) is 5.75 Å². The summed E-state index contributed by atoms with van der Waals surface area (Å²) in [5.41, 5.74) is 0.957. The molecule has 0 aliphatic carbocycles. The third-order valence-electron chi connectivity index (χ3n) is 3.44. The predicted octanol–water partition coefficient (Wildman–Crippen LogP) is 5.74. The van der Waals surface area contributed by atoms with Crippen molar-refractivity contribution in [1.82, 2.24) is 0 Å². The van der Waals surface area contributed by atoms with Crippen LogP contribution in [0.15, 0.2) is 35.2 Å². The van der Waals surface area contributed by atoms with E-state index in [1.165, 1.54) is 11.4 Å². The number of thiol groups is 1. The van der Waals surface area contributed by atoms with Gasteiger partial charge in [-0.05, 0) is 11.3 Å². The van der Waals surface area contributed by atoms with E-state index in [4.69, 9.17) is 11.8 Å². The van der Waals surface area contributed by atoms with Gasteiger partial charge in [-0.3, -0.25) is 0 Å². The van der Waals surface area contributed by atoms with E-state index in [-0.39, 0.29) is 5.25 Å². The summed E-state index contributed by atoms with van der Waals surface area (Å²) in [6.07, 6.45) is 0. The van der Waals surface area contributed by atoms with Crippen molar-refractivity contribution in [3.05, 3.63) is 65.0 Å². The molecule has 1 fully saturated rings. The second-order valence-corrected chi connectivity index (χ2v) is 16.5. The van der Waals surface area contributed by atoms with Crippen LogP contribution in [0.2, 0.25) is 0 Å². The van der Waals surface area contributed by atoms with Gasteiger partial charge < -0.3 is 0 Å². The molecule has 3 rings (SSSR count). The Kier molecular flexibility index (Phi) is 5.06. The van der Waals surface area contributed by atoms with Crippen LogP contribution in [0.1, 0.15) is 10.8 Å². The summed E-state index contributed by atoms with van der Waals surface area (Å²) in [5, 5.41) is -1.77. The zero-order valence-electron chi connectivity index (χ0n) is 11.3. The van der Waals surface area contributed by atoms with Gasteiger partial charge in [-0.25, -0.2) is 22.0 Å². The molecule has 23 heavy (non-hydrogen) atoms. The van der Waals surface area contributed by atoms with Crippen molar-refractivity contribution in [2.24, 2.45) is 0 Å². The average molecular weight is 400 g/mol. The third kappa shape index (κ3) is 3.06. The van der Waals surface area contributed by atoms with Gasteiger partial charge >= 0.3 is 0 Å². The summed E-state index contributed by atoms with van der Waals surface area (Å²) in [5.74, 6) is -9.02. The highest BCUT2D eigenvalue weighted by Gasteiger charge is 2.36. The monoisotopic (exact) mass is 400 g/mol. The van der Waals surface area contributed by atoms with Crippen LogP contribution in [0.4, 0.5) is 22.0 Å². The van der Waals surface area contributed by atoms with E-state index >= 15 is 0 Å². The second kappa shape index (κ2) is 6.75. The number of halogens is 5. The molecule has 124 valence electrons. The fourth-order valence-electron chi connectivity index (χ4n) is 2.32. The van der Waals surface area contributed by atoms with Crippen LogP contribution in [0, 0.1) is 29.1 Å². The molecule has 0 saturated carbocycles. The van der Waals surface area contributed by atoms with Gasteiger partial charge in [0.1, 0.15) is 0 Å². The maximum atomic E-state index is 14.0. The highest BCUT2D eigenvalue weighted by atomic mass is 33.2. The van der Waals surface area contributed by atoms with Crippen molar-refractivity contribution < 1.29 is 22.0 Å². The number of hydrogen-bond donors (Lipinski definition) is 1. The minimum atomic E-state index is -2.12. The van der Waals surface area contributed by atoms with Crippen LogP contribution in [0.5, 0.6) is 0 Å². The fourth-order valence-corrected chi connectivity index (χ4v) is 16.5. The quantitative estimate of drug-likeness (QED) is 0.225.